The molecule has 0 unspecified atom stereocenters. The van der Waals surface area contributed by atoms with Crippen LogP contribution >= 0.6 is 0 Å². The fourth-order valence-corrected chi connectivity index (χ4v) is 4.58. The third-order valence-corrected chi connectivity index (χ3v) is 6.13. The molecular weight excluding hydrogens is 370 g/mol. The van der Waals surface area contributed by atoms with Gasteiger partial charge in [-0.15, -0.1) is 0 Å². The number of aromatic amines is 1. The molecule has 0 aliphatic carbocycles. The minimum absolute atomic E-state index is 0.411. The van der Waals surface area contributed by atoms with Crippen molar-refractivity contribution in [2.45, 2.75) is 18.9 Å². The topological polar surface area (TPSA) is 58.5 Å². The van der Waals surface area contributed by atoms with Crippen LogP contribution in [0.25, 0.3) is 44.6 Å². The van der Waals surface area contributed by atoms with Crippen LogP contribution in [0.2, 0.25) is 0 Å². The molecule has 2 aromatic carbocycles. The van der Waals surface area contributed by atoms with Gasteiger partial charge in [0.05, 0.1) is 5.69 Å². The molecule has 30 heavy (non-hydrogen) atoms. The van der Waals surface area contributed by atoms with Gasteiger partial charge < -0.3 is 14.9 Å². The molecule has 0 bridgehead atoms. The van der Waals surface area contributed by atoms with Crippen molar-refractivity contribution in [3.8, 4) is 22.6 Å². The quantitative estimate of drug-likeness (QED) is 0.444. The standard InChI is InChI=1S/C25H23N5/c1-2-5-18-14-19(8-7-17(18)4-1)20-15-23-24(28-16-20)30(21-9-12-26-13-10-21)25(29-23)22-6-3-11-27-22/h1-8,11,14-16,21,26-27H,9-10,12-13H2. The normalized spacial score (nSPS) is 15.2. The number of imidazole rings is 1. The van der Waals surface area contributed by atoms with Crippen LogP contribution in [-0.2, 0) is 0 Å². The van der Waals surface area contributed by atoms with Crippen molar-refractivity contribution >= 4 is 21.9 Å². The number of piperidine rings is 1. The molecule has 2 N–H and O–H groups in total. The van der Waals surface area contributed by atoms with E-state index in [-0.39, 0.29) is 0 Å². The molecule has 0 saturated carbocycles. The van der Waals surface area contributed by atoms with Gasteiger partial charge in [-0.25, -0.2) is 9.97 Å². The van der Waals surface area contributed by atoms with Gasteiger partial charge in [0.2, 0.25) is 0 Å². The lowest BCUT2D eigenvalue weighted by atomic mass is 10.0. The maximum Gasteiger partial charge on any atom is 0.160 e. The Morgan fingerprint density at radius 2 is 1.73 bits per heavy atom. The molecule has 3 aromatic heterocycles. The Kier molecular flexibility index (Phi) is 4.13. The summed E-state index contributed by atoms with van der Waals surface area (Å²) in [6.45, 7) is 2.06. The van der Waals surface area contributed by atoms with Gasteiger partial charge in [-0.2, -0.15) is 0 Å². The number of hydrogen-bond acceptors (Lipinski definition) is 3. The second-order valence-corrected chi connectivity index (χ2v) is 8.00. The predicted molar refractivity (Wildman–Crippen MR) is 121 cm³/mol. The van der Waals surface area contributed by atoms with Crippen LogP contribution in [0, 0.1) is 0 Å². The third-order valence-electron chi connectivity index (χ3n) is 6.13. The summed E-state index contributed by atoms with van der Waals surface area (Å²) in [5.74, 6) is 0.977. The van der Waals surface area contributed by atoms with Gasteiger partial charge in [0, 0.05) is 24.0 Å². The van der Waals surface area contributed by atoms with Gasteiger partial charge in [-0.1, -0.05) is 36.4 Å². The van der Waals surface area contributed by atoms with E-state index in [1.54, 1.807) is 0 Å². The number of fused-ring (bicyclic) bond motifs is 2. The van der Waals surface area contributed by atoms with E-state index >= 15 is 0 Å². The summed E-state index contributed by atoms with van der Waals surface area (Å²) in [6.07, 6.45) is 6.13. The van der Waals surface area contributed by atoms with E-state index in [1.165, 1.54) is 16.3 Å². The van der Waals surface area contributed by atoms with Crippen molar-refractivity contribution in [3.63, 3.8) is 0 Å². The van der Waals surface area contributed by atoms with Gasteiger partial charge in [0.15, 0.2) is 11.5 Å². The molecule has 5 aromatic rings. The monoisotopic (exact) mass is 393 g/mol. The number of benzene rings is 2. The van der Waals surface area contributed by atoms with Crippen LogP contribution in [0.3, 0.4) is 0 Å². The van der Waals surface area contributed by atoms with Gasteiger partial charge in [-0.05, 0) is 66.5 Å². The number of rotatable bonds is 3. The first-order chi connectivity index (χ1) is 14.9. The van der Waals surface area contributed by atoms with E-state index in [0.29, 0.717) is 6.04 Å². The summed E-state index contributed by atoms with van der Waals surface area (Å²) < 4.78 is 2.34. The van der Waals surface area contributed by atoms with Gasteiger partial charge in [0.1, 0.15) is 5.52 Å². The Morgan fingerprint density at radius 3 is 2.57 bits per heavy atom. The highest BCUT2D eigenvalue weighted by Crippen LogP contribution is 2.33. The summed E-state index contributed by atoms with van der Waals surface area (Å²) >= 11 is 0. The van der Waals surface area contributed by atoms with Crippen LogP contribution in [-0.4, -0.2) is 32.6 Å². The summed E-state index contributed by atoms with van der Waals surface area (Å²) in [6, 6.07) is 21.7. The number of nitrogens with one attached hydrogen (secondary N) is 2. The fraction of sp³-hybridized carbons (Fsp3) is 0.200. The van der Waals surface area contributed by atoms with Crippen LogP contribution < -0.4 is 5.32 Å². The zero-order valence-corrected chi connectivity index (χ0v) is 16.7. The zero-order chi connectivity index (χ0) is 19.9. The van der Waals surface area contributed by atoms with E-state index in [0.717, 1.165) is 54.2 Å². The van der Waals surface area contributed by atoms with E-state index in [2.05, 4.69) is 69.5 Å². The summed E-state index contributed by atoms with van der Waals surface area (Å²) in [5.41, 5.74) is 5.22. The molecule has 0 radical (unpaired) electrons. The number of pyridine rings is 1. The maximum atomic E-state index is 5.03. The SMILES string of the molecule is c1c[nH]c(-c2nc3cc(-c4ccc5ccccc5c4)cnc3n2C2CCNCC2)c1. The molecule has 4 heterocycles. The summed E-state index contributed by atoms with van der Waals surface area (Å²) in [5, 5.41) is 5.95. The average Bonchev–Trinajstić information content (AvgIpc) is 3.46. The Balaban J connectivity index is 1.50. The lowest BCUT2D eigenvalue weighted by Crippen LogP contribution is -2.29. The lowest BCUT2D eigenvalue weighted by molar-refractivity contribution is 0.376. The first-order valence-corrected chi connectivity index (χ1v) is 10.6. The molecule has 1 aliphatic heterocycles. The Labute approximate surface area is 174 Å². The number of nitrogens with zero attached hydrogens (tertiary/aromatic N) is 3. The number of hydrogen-bond donors (Lipinski definition) is 2. The van der Waals surface area contributed by atoms with Crippen molar-refractivity contribution in [1.29, 1.82) is 0 Å². The molecule has 1 aliphatic rings. The Morgan fingerprint density at radius 1 is 0.867 bits per heavy atom. The average molecular weight is 393 g/mol. The molecule has 1 fully saturated rings. The van der Waals surface area contributed by atoms with Crippen LogP contribution in [0.4, 0.5) is 0 Å². The van der Waals surface area contributed by atoms with Crippen molar-refractivity contribution in [1.82, 2.24) is 24.8 Å². The highest BCUT2D eigenvalue weighted by Gasteiger charge is 2.23. The molecule has 5 nitrogen and oxygen atoms in total. The third kappa shape index (κ3) is 2.90. The largest absolute Gasteiger partial charge is 0.359 e. The molecule has 0 amide bonds. The summed E-state index contributed by atoms with van der Waals surface area (Å²) in [4.78, 5) is 13.3. The van der Waals surface area contributed by atoms with Crippen molar-refractivity contribution in [2.24, 2.45) is 0 Å². The summed E-state index contributed by atoms with van der Waals surface area (Å²) in [7, 11) is 0. The molecule has 0 spiro atoms. The Hall–Kier alpha value is -3.44. The Bertz CT molecular complexity index is 1330. The van der Waals surface area contributed by atoms with Crippen LogP contribution in [0.1, 0.15) is 18.9 Å². The molecule has 0 atom stereocenters. The van der Waals surface area contributed by atoms with Crippen LogP contribution in [0.15, 0.2) is 73.1 Å². The maximum absolute atomic E-state index is 5.03. The molecule has 6 rings (SSSR count). The zero-order valence-electron chi connectivity index (χ0n) is 16.7. The fourth-order valence-electron chi connectivity index (χ4n) is 4.58. The molecular formula is C25H23N5. The van der Waals surface area contributed by atoms with Crippen molar-refractivity contribution in [3.05, 3.63) is 73.1 Å². The minimum Gasteiger partial charge on any atom is -0.359 e. The van der Waals surface area contributed by atoms with E-state index in [1.807, 2.05) is 18.5 Å². The molecule has 1 saturated heterocycles. The first-order valence-electron chi connectivity index (χ1n) is 10.6. The van der Waals surface area contributed by atoms with Crippen molar-refractivity contribution < 1.29 is 0 Å². The van der Waals surface area contributed by atoms with Gasteiger partial charge in [-0.3, -0.25) is 0 Å². The molecule has 5 heteroatoms. The van der Waals surface area contributed by atoms with Crippen molar-refractivity contribution in [2.75, 3.05) is 13.1 Å². The molecule has 148 valence electrons. The van der Waals surface area contributed by atoms with Gasteiger partial charge in [0.25, 0.3) is 0 Å². The number of aromatic nitrogens is 4. The highest BCUT2D eigenvalue weighted by molar-refractivity contribution is 5.89. The lowest BCUT2D eigenvalue weighted by Gasteiger charge is -2.25. The van der Waals surface area contributed by atoms with Crippen LogP contribution in [0.5, 0.6) is 0 Å². The second kappa shape index (κ2) is 7.11. The second-order valence-electron chi connectivity index (χ2n) is 8.00. The highest BCUT2D eigenvalue weighted by atomic mass is 15.2. The minimum atomic E-state index is 0.411. The van der Waals surface area contributed by atoms with Gasteiger partial charge >= 0.3 is 0 Å². The van der Waals surface area contributed by atoms with E-state index < -0.39 is 0 Å². The van der Waals surface area contributed by atoms with E-state index in [9.17, 15) is 0 Å². The first kappa shape index (κ1) is 17.4. The smallest absolute Gasteiger partial charge is 0.160 e. The predicted octanol–water partition coefficient (Wildman–Crippen LogP) is 5.17. The van der Waals surface area contributed by atoms with E-state index in [4.69, 9.17) is 9.97 Å². The number of H-pyrrole nitrogens is 1.